The SMILES string of the molecule is Cc1cccc(C(=O)N(Cc2cccnc2)c2nc3c(Cl)cccc3s2)c1. The van der Waals surface area contributed by atoms with Crippen molar-refractivity contribution in [3.05, 3.63) is 88.7 Å². The standard InChI is InChI=1S/C21H16ClN3OS/c1-14-5-2-7-16(11-14)20(26)25(13-15-6-4-10-23-12-15)21-24-19-17(22)8-3-9-18(19)27-21/h2-12H,13H2,1H3. The second-order valence-electron chi connectivity index (χ2n) is 6.21. The molecule has 0 aliphatic rings. The average Bonchev–Trinajstić information content (AvgIpc) is 3.12. The van der Waals surface area contributed by atoms with Gasteiger partial charge < -0.3 is 0 Å². The molecule has 0 unspecified atom stereocenters. The number of carbonyl (C=O) groups excluding carboxylic acids is 1. The molecule has 0 fully saturated rings. The molecule has 0 radical (unpaired) electrons. The third kappa shape index (κ3) is 3.70. The first kappa shape index (κ1) is 17.6. The first-order chi connectivity index (χ1) is 13.1. The molecule has 4 rings (SSSR count). The van der Waals surface area contributed by atoms with Crippen LogP contribution in [0.5, 0.6) is 0 Å². The maximum absolute atomic E-state index is 13.3. The Bertz CT molecular complexity index is 1110. The van der Waals surface area contributed by atoms with Gasteiger partial charge in [0.2, 0.25) is 0 Å². The lowest BCUT2D eigenvalue weighted by Gasteiger charge is -2.20. The summed E-state index contributed by atoms with van der Waals surface area (Å²) in [7, 11) is 0. The highest BCUT2D eigenvalue weighted by molar-refractivity contribution is 7.22. The molecule has 0 bridgehead atoms. The van der Waals surface area contributed by atoms with Crippen LogP contribution in [0, 0.1) is 6.92 Å². The second-order valence-corrected chi connectivity index (χ2v) is 7.62. The fourth-order valence-corrected chi connectivity index (χ4v) is 4.12. The van der Waals surface area contributed by atoms with Crippen LogP contribution >= 0.6 is 22.9 Å². The first-order valence-electron chi connectivity index (χ1n) is 8.44. The van der Waals surface area contributed by atoms with Crippen LogP contribution < -0.4 is 4.90 Å². The van der Waals surface area contributed by atoms with Crippen LogP contribution in [0.15, 0.2) is 67.0 Å². The molecule has 0 atom stereocenters. The quantitative estimate of drug-likeness (QED) is 0.460. The molecule has 0 saturated heterocycles. The molecule has 1 amide bonds. The van der Waals surface area contributed by atoms with E-state index in [0.717, 1.165) is 15.8 Å². The van der Waals surface area contributed by atoms with Gasteiger partial charge in [0, 0.05) is 18.0 Å². The van der Waals surface area contributed by atoms with Crippen molar-refractivity contribution in [2.45, 2.75) is 13.5 Å². The average molecular weight is 394 g/mol. The number of nitrogens with zero attached hydrogens (tertiary/aromatic N) is 3. The maximum atomic E-state index is 13.3. The number of pyridine rings is 1. The predicted molar refractivity (Wildman–Crippen MR) is 111 cm³/mol. The lowest BCUT2D eigenvalue weighted by Crippen LogP contribution is -2.30. The van der Waals surface area contributed by atoms with Crippen LogP contribution in [0.2, 0.25) is 5.02 Å². The molecule has 4 nitrogen and oxygen atoms in total. The number of carbonyl (C=O) groups is 1. The maximum Gasteiger partial charge on any atom is 0.260 e. The lowest BCUT2D eigenvalue weighted by molar-refractivity contribution is 0.0985. The summed E-state index contributed by atoms with van der Waals surface area (Å²) in [4.78, 5) is 23.8. The summed E-state index contributed by atoms with van der Waals surface area (Å²) >= 11 is 7.74. The molecule has 0 N–H and O–H groups in total. The Morgan fingerprint density at radius 3 is 2.74 bits per heavy atom. The van der Waals surface area contributed by atoms with E-state index in [0.29, 0.717) is 27.8 Å². The minimum Gasteiger partial charge on any atom is -0.279 e. The van der Waals surface area contributed by atoms with Gasteiger partial charge in [0.15, 0.2) is 5.13 Å². The lowest BCUT2D eigenvalue weighted by atomic mass is 10.1. The van der Waals surface area contributed by atoms with E-state index in [1.807, 2.05) is 55.5 Å². The summed E-state index contributed by atoms with van der Waals surface area (Å²) in [5.74, 6) is -0.0993. The van der Waals surface area contributed by atoms with Crippen LogP contribution in [0.4, 0.5) is 5.13 Å². The number of aromatic nitrogens is 2. The minimum atomic E-state index is -0.0993. The number of fused-ring (bicyclic) bond motifs is 1. The van der Waals surface area contributed by atoms with Crippen LogP contribution in [-0.2, 0) is 6.54 Å². The van der Waals surface area contributed by atoms with Crippen LogP contribution in [0.25, 0.3) is 10.2 Å². The molecule has 2 aromatic carbocycles. The summed E-state index contributed by atoms with van der Waals surface area (Å²) in [6.45, 7) is 2.36. The van der Waals surface area contributed by atoms with Gasteiger partial charge in [0.25, 0.3) is 5.91 Å². The topological polar surface area (TPSA) is 46.1 Å². The number of thiazole rings is 1. The highest BCUT2D eigenvalue weighted by Gasteiger charge is 2.22. The van der Waals surface area contributed by atoms with Crippen LogP contribution in [0.1, 0.15) is 21.5 Å². The van der Waals surface area contributed by atoms with Gasteiger partial charge in [-0.3, -0.25) is 14.7 Å². The highest BCUT2D eigenvalue weighted by atomic mass is 35.5. The van der Waals surface area contributed by atoms with Crippen molar-refractivity contribution >= 4 is 44.2 Å². The molecule has 134 valence electrons. The normalized spacial score (nSPS) is 10.9. The molecule has 2 aromatic heterocycles. The molecule has 6 heteroatoms. The molecule has 0 saturated carbocycles. The molecule has 4 aromatic rings. The van der Waals surface area contributed by atoms with Crippen molar-refractivity contribution in [3.8, 4) is 0 Å². The summed E-state index contributed by atoms with van der Waals surface area (Å²) in [5, 5.41) is 1.20. The van der Waals surface area contributed by atoms with Crippen molar-refractivity contribution in [2.75, 3.05) is 4.90 Å². The molecule has 0 aliphatic carbocycles. The van der Waals surface area contributed by atoms with Crippen molar-refractivity contribution < 1.29 is 4.79 Å². The summed E-state index contributed by atoms with van der Waals surface area (Å²) < 4.78 is 0.950. The molecule has 2 heterocycles. The van der Waals surface area contributed by atoms with Crippen molar-refractivity contribution in [2.24, 2.45) is 0 Å². The fourth-order valence-electron chi connectivity index (χ4n) is 2.85. The zero-order valence-corrected chi connectivity index (χ0v) is 16.2. The van der Waals surface area contributed by atoms with E-state index in [9.17, 15) is 4.79 Å². The van der Waals surface area contributed by atoms with E-state index in [-0.39, 0.29) is 5.91 Å². The number of hydrogen-bond donors (Lipinski definition) is 0. The third-order valence-electron chi connectivity index (χ3n) is 4.16. The Morgan fingerprint density at radius 1 is 1.15 bits per heavy atom. The minimum absolute atomic E-state index is 0.0993. The largest absolute Gasteiger partial charge is 0.279 e. The van der Waals surface area contributed by atoms with Crippen molar-refractivity contribution in [1.82, 2.24) is 9.97 Å². The third-order valence-corrected chi connectivity index (χ3v) is 5.51. The number of para-hydroxylation sites is 1. The zero-order chi connectivity index (χ0) is 18.8. The second kappa shape index (κ2) is 7.47. The van der Waals surface area contributed by atoms with Gasteiger partial charge in [-0.15, -0.1) is 0 Å². The molecular weight excluding hydrogens is 378 g/mol. The van der Waals surface area contributed by atoms with E-state index in [2.05, 4.69) is 9.97 Å². The molecule has 27 heavy (non-hydrogen) atoms. The van der Waals surface area contributed by atoms with Gasteiger partial charge >= 0.3 is 0 Å². The van der Waals surface area contributed by atoms with Gasteiger partial charge in [0.1, 0.15) is 5.52 Å². The molecule has 0 spiro atoms. The Kier molecular flexibility index (Phi) is 4.88. The van der Waals surface area contributed by atoms with Gasteiger partial charge in [-0.25, -0.2) is 4.98 Å². The number of halogens is 1. The predicted octanol–water partition coefficient (Wildman–Crippen LogP) is 5.50. The highest BCUT2D eigenvalue weighted by Crippen LogP contribution is 2.34. The molecule has 0 aliphatic heterocycles. The first-order valence-corrected chi connectivity index (χ1v) is 9.64. The van der Waals surface area contributed by atoms with Gasteiger partial charge in [-0.2, -0.15) is 0 Å². The van der Waals surface area contributed by atoms with Crippen molar-refractivity contribution in [3.63, 3.8) is 0 Å². The van der Waals surface area contributed by atoms with Crippen LogP contribution in [0.3, 0.4) is 0 Å². The monoisotopic (exact) mass is 393 g/mol. The summed E-state index contributed by atoms with van der Waals surface area (Å²) in [6, 6.07) is 17.0. The van der Waals surface area contributed by atoms with E-state index in [1.54, 1.807) is 23.4 Å². The van der Waals surface area contributed by atoms with Gasteiger partial charge in [-0.1, -0.05) is 52.8 Å². The van der Waals surface area contributed by atoms with E-state index in [1.165, 1.54) is 11.3 Å². The number of rotatable bonds is 4. The fraction of sp³-hybridized carbons (Fsp3) is 0.0952. The Hall–Kier alpha value is -2.76. The number of aryl methyl sites for hydroxylation is 1. The van der Waals surface area contributed by atoms with Crippen molar-refractivity contribution in [1.29, 1.82) is 0 Å². The zero-order valence-electron chi connectivity index (χ0n) is 14.6. The van der Waals surface area contributed by atoms with Gasteiger partial charge in [0.05, 0.1) is 16.3 Å². The number of benzene rings is 2. The smallest absolute Gasteiger partial charge is 0.260 e. The molecular formula is C21H16ClN3OS. The Morgan fingerprint density at radius 2 is 2.00 bits per heavy atom. The van der Waals surface area contributed by atoms with E-state index >= 15 is 0 Å². The number of anilines is 1. The summed E-state index contributed by atoms with van der Waals surface area (Å²) in [6.07, 6.45) is 3.48. The van der Waals surface area contributed by atoms with Gasteiger partial charge in [-0.05, 0) is 42.8 Å². The Balaban J connectivity index is 1.79. The number of hydrogen-bond acceptors (Lipinski definition) is 4. The van der Waals surface area contributed by atoms with E-state index < -0.39 is 0 Å². The van der Waals surface area contributed by atoms with Crippen LogP contribution in [-0.4, -0.2) is 15.9 Å². The Labute approximate surface area is 166 Å². The summed E-state index contributed by atoms with van der Waals surface area (Å²) in [5.41, 5.74) is 3.31. The number of amides is 1. The van der Waals surface area contributed by atoms with E-state index in [4.69, 9.17) is 11.6 Å².